The highest BCUT2D eigenvalue weighted by molar-refractivity contribution is 5.78. The average molecular weight is 272 g/mol. The number of likely N-dealkylation sites (tertiary alicyclic amines) is 1. The molecule has 0 aliphatic carbocycles. The number of carboxylic acid groups (broad SMARTS) is 1. The van der Waals surface area contributed by atoms with Gasteiger partial charge < -0.3 is 15.2 Å². The zero-order valence-corrected chi connectivity index (χ0v) is 11.8. The summed E-state index contributed by atoms with van der Waals surface area (Å²) in [7, 11) is 1.59. The van der Waals surface area contributed by atoms with Crippen LogP contribution in [0.1, 0.15) is 26.2 Å². The monoisotopic (exact) mass is 272 g/mol. The predicted octanol–water partition coefficient (Wildman–Crippen LogP) is 0.326. The van der Waals surface area contributed by atoms with Gasteiger partial charge in [0.15, 0.2) is 0 Å². The Morgan fingerprint density at radius 1 is 1.37 bits per heavy atom. The molecule has 19 heavy (non-hydrogen) atoms. The van der Waals surface area contributed by atoms with Crippen molar-refractivity contribution >= 4 is 11.9 Å². The summed E-state index contributed by atoms with van der Waals surface area (Å²) in [6, 6.07) is 0. The summed E-state index contributed by atoms with van der Waals surface area (Å²) in [4.78, 5) is 24.9. The standard InChI is InChI=1S/C13H24N2O4/c1-3-13(12(17)18)4-7-15(8-5-13)10-11(16)14-6-9-19-2/h3-10H2,1-2H3,(H,14,16)(H,17,18). The molecular formula is C13H24N2O4. The number of carboxylic acids is 1. The van der Waals surface area contributed by atoms with E-state index in [4.69, 9.17) is 4.74 Å². The molecule has 1 amide bonds. The van der Waals surface area contributed by atoms with Gasteiger partial charge in [0.05, 0.1) is 18.6 Å². The molecule has 0 aromatic heterocycles. The molecule has 1 heterocycles. The number of carbonyl (C=O) groups is 2. The van der Waals surface area contributed by atoms with E-state index >= 15 is 0 Å². The summed E-state index contributed by atoms with van der Waals surface area (Å²) in [5.74, 6) is -0.740. The van der Waals surface area contributed by atoms with Gasteiger partial charge in [-0.1, -0.05) is 6.92 Å². The average Bonchev–Trinajstić information content (AvgIpc) is 2.40. The van der Waals surface area contributed by atoms with E-state index in [1.165, 1.54) is 0 Å². The molecule has 6 nitrogen and oxygen atoms in total. The molecule has 110 valence electrons. The highest BCUT2D eigenvalue weighted by Crippen LogP contribution is 2.34. The Labute approximate surface area is 114 Å². The molecule has 0 spiro atoms. The third-order valence-electron chi connectivity index (χ3n) is 3.94. The Balaban J connectivity index is 2.33. The number of nitrogens with one attached hydrogen (secondary N) is 1. The van der Waals surface area contributed by atoms with Crippen LogP contribution < -0.4 is 5.32 Å². The van der Waals surface area contributed by atoms with Crippen molar-refractivity contribution in [1.82, 2.24) is 10.2 Å². The Morgan fingerprint density at radius 3 is 2.47 bits per heavy atom. The lowest BCUT2D eigenvalue weighted by Gasteiger charge is -2.37. The third kappa shape index (κ3) is 4.47. The van der Waals surface area contributed by atoms with E-state index in [0.29, 0.717) is 52.0 Å². The Morgan fingerprint density at radius 2 is 2.00 bits per heavy atom. The molecule has 0 bridgehead atoms. The number of rotatable bonds is 7. The molecule has 0 radical (unpaired) electrons. The van der Waals surface area contributed by atoms with Gasteiger partial charge in [-0.15, -0.1) is 0 Å². The van der Waals surface area contributed by atoms with Gasteiger partial charge >= 0.3 is 5.97 Å². The number of ether oxygens (including phenoxy) is 1. The number of carbonyl (C=O) groups excluding carboxylic acids is 1. The first-order chi connectivity index (χ1) is 9.04. The summed E-state index contributed by atoms with van der Waals surface area (Å²) in [6.07, 6.45) is 1.88. The molecule has 0 unspecified atom stereocenters. The van der Waals surface area contributed by atoms with Crippen molar-refractivity contribution in [2.75, 3.05) is 39.9 Å². The minimum Gasteiger partial charge on any atom is -0.481 e. The first-order valence-electron chi connectivity index (χ1n) is 6.75. The van der Waals surface area contributed by atoms with Crippen LogP contribution in [0, 0.1) is 5.41 Å². The van der Waals surface area contributed by atoms with E-state index in [1.54, 1.807) is 7.11 Å². The van der Waals surface area contributed by atoms with Crippen molar-refractivity contribution in [1.29, 1.82) is 0 Å². The molecule has 1 saturated heterocycles. The highest BCUT2D eigenvalue weighted by Gasteiger charge is 2.39. The summed E-state index contributed by atoms with van der Waals surface area (Å²) in [5.41, 5.74) is -0.594. The van der Waals surface area contributed by atoms with Crippen LogP contribution in [0.2, 0.25) is 0 Å². The molecule has 0 saturated carbocycles. The molecule has 1 aliphatic heterocycles. The van der Waals surface area contributed by atoms with Crippen LogP contribution in [0.3, 0.4) is 0 Å². The van der Waals surface area contributed by atoms with Crippen molar-refractivity contribution in [3.05, 3.63) is 0 Å². The molecule has 1 fully saturated rings. The van der Waals surface area contributed by atoms with Gasteiger partial charge in [-0.2, -0.15) is 0 Å². The van der Waals surface area contributed by atoms with E-state index in [1.807, 2.05) is 11.8 Å². The van der Waals surface area contributed by atoms with Gasteiger partial charge in [0.2, 0.25) is 5.91 Å². The maximum Gasteiger partial charge on any atom is 0.309 e. The highest BCUT2D eigenvalue weighted by atomic mass is 16.5. The maximum absolute atomic E-state index is 11.6. The van der Waals surface area contributed by atoms with Crippen LogP contribution in [-0.2, 0) is 14.3 Å². The van der Waals surface area contributed by atoms with Crippen molar-refractivity contribution in [3.63, 3.8) is 0 Å². The lowest BCUT2D eigenvalue weighted by atomic mass is 9.76. The quantitative estimate of drug-likeness (QED) is 0.653. The van der Waals surface area contributed by atoms with E-state index in [-0.39, 0.29) is 5.91 Å². The van der Waals surface area contributed by atoms with Gasteiger partial charge in [0.25, 0.3) is 0 Å². The summed E-state index contributed by atoms with van der Waals surface area (Å²) >= 11 is 0. The maximum atomic E-state index is 11.6. The van der Waals surface area contributed by atoms with E-state index in [2.05, 4.69) is 5.32 Å². The number of nitrogens with zero attached hydrogens (tertiary/aromatic N) is 1. The Bertz CT molecular complexity index is 312. The fourth-order valence-electron chi connectivity index (χ4n) is 2.41. The zero-order chi connectivity index (χ0) is 14.3. The van der Waals surface area contributed by atoms with Crippen molar-refractivity contribution in [2.45, 2.75) is 26.2 Å². The number of piperidine rings is 1. The van der Waals surface area contributed by atoms with Gasteiger partial charge in [-0.05, 0) is 32.4 Å². The number of hydrogen-bond acceptors (Lipinski definition) is 4. The van der Waals surface area contributed by atoms with Gasteiger partial charge in [-0.3, -0.25) is 14.5 Å². The minimum atomic E-state index is -0.709. The van der Waals surface area contributed by atoms with Gasteiger partial charge in [0, 0.05) is 13.7 Å². The van der Waals surface area contributed by atoms with Crippen LogP contribution in [0.25, 0.3) is 0 Å². The second kappa shape index (κ2) is 7.45. The molecule has 0 atom stereocenters. The SMILES string of the molecule is CCC1(C(=O)O)CCN(CC(=O)NCCOC)CC1. The summed E-state index contributed by atoms with van der Waals surface area (Å²) < 4.78 is 4.86. The largest absolute Gasteiger partial charge is 0.481 e. The van der Waals surface area contributed by atoms with Crippen molar-refractivity contribution < 1.29 is 19.4 Å². The second-order valence-electron chi connectivity index (χ2n) is 5.06. The number of amides is 1. The lowest BCUT2D eigenvalue weighted by Crippen LogP contribution is -2.47. The first-order valence-corrected chi connectivity index (χ1v) is 6.75. The molecule has 0 aromatic rings. The third-order valence-corrected chi connectivity index (χ3v) is 3.94. The van der Waals surface area contributed by atoms with Crippen LogP contribution >= 0.6 is 0 Å². The van der Waals surface area contributed by atoms with Crippen molar-refractivity contribution in [3.8, 4) is 0 Å². The summed E-state index contributed by atoms with van der Waals surface area (Å²) in [6.45, 7) is 4.60. The van der Waals surface area contributed by atoms with Gasteiger partial charge in [0.1, 0.15) is 0 Å². The fourth-order valence-corrected chi connectivity index (χ4v) is 2.41. The summed E-state index contributed by atoms with van der Waals surface area (Å²) in [5, 5.41) is 12.1. The Hall–Kier alpha value is -1.14. The van der Waals surface area contributed by atoms with E-state index in [0.717, 1.165) is 0 Å². The van der Waals surface area contributed by atoms with Crippen LogP contribution in [0.15, 0.2) is 0 Å². The molecule has 6 heteroatoms. The fraction of sp³-hybridized carbons (Fsp3) is 0.846. The molecule has 0 aromatic carbocycles. The molecule has 1 aliphatic rings. The number of aliphatic carboxylic acids is 1. The predicted molar refractivity (Wildman–Crippen MR) is 70.9 cm³/mol. The smallest absolute Gasteiger partial charge is 0.309 e. The van der Waals surface area contributed by atoms with E-state index < -0.39 is 11.4 Å². The lowest BCUT2D eigenvalue weighted by molar-refractivity contribution is -0.152. The van der Waals surface area contributed by atoms with Crippen LogP contribution in [0.5, 0.6) is 0 Å². The van der Waals surface area contributed by atoms with Crippen LogP contribution in [-0.4, -0.2) is 61.8 Å². The Kier molecular flexibility index (Phi) is 6.24. The molecule has 1 rings (SSSR count). The number of hydrogen-bond donors (Lipinski definition) is 2. The topological polar surface area (TPSA) is 78.9 Å². The molecular weight excluding hydrogens is 248 g/mol. The minimum absolute atomic E-state index is 0.0311. The number of methoxy groups -OCH3 is 1. The van der Waals surface area contributed by atoms with E-state index in [9.17, 15) is 14.7 Å². The first kappa shape index (κ1) is 15.9. The zero-order valence-electron chi connectivity index (χ0n) is 11.8. The molecule has 2 N–H and O–H groups in total. The second-order valence-corrected chi connectivity index (χ2v) is 5.06. The normalized spacial score (nSPS) is 19.1. The van der Waals surface area contributed by atoms with Gasteiger partial charge in [-0.25, -0.2) is 0 Å². The van der Waals surface area contributed by atoms with Crippen molar-refractivity contribution in [2.24, 2.45) is 5.41 Å². The van der Waals surface area contributed by atoms with Crippen LogP contribution in [0.4, 0.5) is 0 Å².